The van der Waals surface area contributed by atoms with E-state index in [9.17, 15) is 17.6 Å². The van der Waals surface area contributed by atoms with Crippen LogP contribution in [0.2, 0.25) is 0 Å². The number of halogens is 1. The fourth-order valence-corrected chi connectivity index (χ4v) is 5.25. The molecule has 2 aromatic rings. The third-order valence-corrected chi connectivity index (χ3v) is 7.46. The van der Waals surface area contributed by atoms with Crippen LogP contribution in [0.4, 0.5) is 10.1 Å². The molecule has 3 rings (SSSR count). The Kier molecular flexibility index (Phi) is 7.58. The highest BCUT2D eigenvalue weighted by Crippen LogP contribution is 2.24. The summed E-state index contributed by atoms with van der Waals surface area (Å²) in [5.74, 6) is 1.01. The molecule has 8 nitrogen and oxygen atoms in total. The molecule has 1 aliphatic rings. The highest BCUT2D eigenvalue weighted by atomic mass is 32.2. The van der Waals surface area contributed by atoms with Crippen molar-refractivity contribution in [3.05, 3.63) is 35.9 Å². The lowest BCUT2D eigenvalue weighted by Gasteiger charge is -2.30. The summed E-state index contributed by atoms with van der Waals surface area (Å²) in [7, 11) is -3.63. The first-order valence-corrected chi connectivity index (χ1v) is 13.1. The van der Waals surface area contributed by atoms with Crippen molar-refractivity contribution in [3.63, 3.8) is 0 Å². The van der Waals surface area contributed by atoms with E-state index in [1.54, 1.807) is 4.57 Å². The Hall–Kier alpha value is -2.14. The molecule has 0 N–H and O–H groups in total. The molecule has 1 saturated heterocycles. The molecule has 0 aliphatic carbocycles. The molecule has 1 aromatic carbocycles. The zero-order chi connectivity index (χ0) is 22.6. The number of sulfonamides is 1. The van der Waals surface area contributed by atoms with Crippen LogP contribution in [-0.2, 0) is 27.9 Å². The fourth-order valence-electron chi connectivity index (χ4n) is 3.47. The van der Waals surface area contributed by atoms with E-state index in [0.717, 1.165) is 36.5 Å². The summed E-state index contributed by atoms with van der Waals surface area (Å²) in [6.45, 7) is 6.17. The number of benzene rings is 1. The number of hydrogen-bond acceptors (Lipinski definition) is 6. The van der Waals surface area contributed by atoms with Crippen molar-refractivity contribution in [2.45, 2.75) is 44.9 Å². The average molecular weight is 470 g/mol. The van der Waals surface area contributed by atoms with Crippen molar-refractivity contribution in [1.29, 1.82) is 0 Å². The molecular formula is C20H28FN5O3S2. The van der Waals surface area contributed by atoms with E-state index in [0.29, 0.717) is 29.1 Å². The molecule has 170 valence electrons. The Morgan fingerprint density at radius 1 is 1.23 bits per heavy atom. The van der Waals surface area contributed by atoms with Crippen LogP contribution in [0.5, 0.6) is 0 Å². The predicted molar refractivity (Wildman–Crippen MR) is 119 cm³/mol. The molecule has 0 saturated carbocycles. The number of piperidine rings is 1. The van der Waals surface area contributed by atoms with Crippen LogP contribution in [0.15, 0.2) is 29.4 Å². The third-order valence-electron chi connectivity index (χ3n) is 5.37. The zero-order valence-corrected chi connectivity index (χ0v) is 19.6. The monoisotopic (exact) mass is 469 g/mol. The number of aromatic nitrogens is 3. The molecule has 11 heteroatoms. The number of likely N-dealkylation sites (tertiary alicyclic amines) is 1. The Morgan fingerprint density at radius 3 is 2.45 bits per heavy atom. The van der Waals surface area contributed by atoms with E-state index in [1.165, 1.54) is 36.0 Å². The van der Waals surface area contributed by atoms with Crippen LogP contribution in [0.1, 0.15) is 32.5 Å². The highest BCUT2D eigenvalue weighted by molar-refractivity contribution is 7.99. The van der Waals surface area contributed by atoms with Crippen molar-refractivity contribution < 1.29 is 17.6 Å². The summed E-state index contributed by atoms with van der Waals surface area (Å²) < 4.78 is 41.0. The normalized spacial score (nSPS) is 15.3. The highest BCUT2D eigenvalue weighted by Gasteiger charge is 2.24. The standard InChI is InChI=1S/C20H28FN5O3S2/c1-4-25-18(13-26(31(3,28)29)17-7-5-16(21)6-8-17)22-23-20(25)30-14-19(27)24-11-9-15(2)10-12-24/h5-8,15H,4,9-14H2,1-3H3. The van der Waals surface area contributed by atoms with Gasteiger partial charge in [-0.05, 0) is 49.9 Å². The van der Waals surface area contributed by atoms with Gasteiger partial charge in [0.2, 0.25) is 15.9 Å². The summed E-state index contributed by atoms with van der Waals surface area (Å²) in [5.41, 5.74) is 0.346. The minimum Gasteiger partial charge on any atom is -0.342 e. The Morgan fingerprint density at radius 2 is 1.87 bits per heavy atom. The maximum Gasteiger partial charge on any atom is 0.233 e. The van der Waals surface area contributed by atoms with Crippen molar-refractivity contribution in [2.24, 2.45) is 5.92 Å². The van der Waals surface area contributed by atoms with Crippen LogP contribution in [0.3, 0.4) is 0 Å². The van der Waals surface area contributed by atoms with Gasteiger partial charge in [0.1, 0.15) is 5.82 Å². The van der Waals surface area contributed by atoms with E-state index in [-0.39, 0.29) is 18.2 Å². The predicted octanol–water partition coefficient (Wildman–Crippen LogP) is 2.75. The van der Waals surface area contributed by atoms with Gasteiger partial charge in [-0.2, -0.15) is 0 Å². The number of amides is 1. The number of carbonyl (C=O) groups is 1. The number of nitrogens with zero attached hydrogens (tertiary/aromatic N) is 5. The molecule has 31 heavy (non-hydrogen) atoms. The zero-order valence-electron chi connectivity index (χ0n) is 18.0. The van der Waals surface area contributed by atoms with Crippen molar-refractivity contribution in [2.75, 3.05) is 29.4 Å². The average Bonchev–Trinajstić information content (AvgIpc) is 3.12. The van der Waals surface area contributed by atoms with E-state index < -0.39 is 15.8 Å². The summed E-state index contributed by atoms with van der Waals surface area (Å²) >= 11 is 1.31. The first kappa shape index (κ1) is 23.5. The molecule has 0 atom stereocenters. The van der Waals surface area contributed by atoms with Gasteiger partial charge >= 0.3 is 0 Å². The molecule has 1 fully saturated rings. The number of anilines is 1. The maximum atomic E-state index is 13.3. The maximum absolute atomic E-state index is 13.3. The van der Waals surface area contributed by atoms with Crippen LogP contribution >= 0.6 is 11.8 Å². The first-order valence-electron chi connectivity index (χ1n) is 10.2. The smallest absolute Gasteiger partial charge is 0.233 e. The fraction of sp³-hybridized carbons (Fsp3) is 0.550. The van der Waals surface area contributed by atoms with Gasteiger partial charge in [0, 0.05) is 19.6 Å². The summed E-state index contributed by atoms with van der Waals surface area (Å²) in [6, 6.07) is 5.26. The van der Waals surface area contributed by atoms with E-state index in [1.807, 2.05) is 11.8 Å². The number of hydrogen-bond donors (Lipinski definition) is 0. The first-order chi connectivity index (χ1) is 14.7. The van der Waals surface area contributed by atoms with E-state index >= 15 is 0 Å². The third kappa shape index (κ3) is 5.97. The Labute approximate surface area is 186 Å². The summed E-state index contributed by atoms with van der Waals surface area (Å²) in [5, 5.41) is 8.93. The van der Waals surface area contributed by atoms with Crippen LogP contribution in [-0.4, -0.2) is 59.1 Å². The van der Waals surface area contributed by atoms with Gasteiger partial charge in [0.25, 0.3) is 0 Å². The lowest BCUT2D eigenvalue weighted by Crippen LogP contribution is -2.38. The van der Waals surface area contributed by atoms with Gasteiger partial charge < -0.3 is 9.47 Å². The molecular weight excluding hydrogens is 441 g/mol. The lowest BCUT2D eigenvalue weighted by atomic mass is 9.99. The minimum absolute atomic E-state index is 0.0379. The van der Waals surface area contributed by atoms with Gasteiger partial charge in [0.05, 0.1) is 24.2 Å². The lowest BCUT2D eigenvalue weighted by molar-refractivity contribution is -0.129. The van der Waals surface area contributed by atoms with E-state index in [4.69, 9.17) is 0 Å². The second-order valence-electron chi connectivity index (χ2n) is 7.74. The number of carbonyl (C=O) groups excluding carboxylic acids is 1. The molecule has 2 heterocycles. The molecule has 0 radical (unpaired) electrons. The Balaban J connectivity index is 1.72. The van der Waals surface area contributed by atoms with E-state index in [2.05, 4.69) is 17.1 Å². The minimum atomic E-state index is -3.63. The van der Waals surface area contributed by atoms with Crippen LogP contribution in [0.25, 0.3) is 0 Å². The van der Waals surface area contributed by atoms with Crippen molar-refractivity contribution >= 4 is 33.4 Å². The van der Waals surface area contributed by atoms with Gasteiger partial charge in [-0.3, -0.25) is 9.10 Å². The van der Waals surface area contributed by atoms with Gasteiger partial charge in [-0.1, -0.05) is 18.7 Å². The molecule has 0 spiro atoms. The molecule has 0 unspecified atom stereocenters. The van der Waals surface area contributed by atoms with Gasteiger partial charge in [-0.15, -0.1) is 10.2 Å². The van der Waals surface area contributed by atoms with Crippen molar-refractivity contribution in [3.8, 4) is 0 Å². The molecule has 1 aliphatic heterocycles. The SMILES string of the molecule is CCn1c(CN(c2ccc(F)cc2)S(C)(=O)=O)nnc1SCC(=O)N1CCC(C)CC1. The topological polar surface area (TPSA) is 88.4 Å². The molecule has 1 aromatic heterocycles. The van der Waals surface area contributed by atoms with Gasteiger partial charge in [0.15, 0.2) is 11.0 Å². The second kappa shape index (κ2) is 9.99. The quantitative estimate of drug-likeness (QED) is 0.553. The number of rotatable bonds is 8. The Bertz CT molecular complexity index is 1000. The second-order valence-corrected chi connectivity index (χ2v) is 10.6. The van der Waals surface area contributed by atoms with Crippen LogP contribution < -0.4 is 4.31 Å². The number of thioether (sulfide) groups is 1. The van der Waals surface area contributed by atoms with Gasteiger partial charge in [-0.25, -0.2) is 12.8 Å². The largest absolute Gasteiger partial charge is 0.342 e. The molecule has 1 amide bonds. The summed E-state index contributed by atoms with van der Waals surface area (Å²) in [4.78, 5) is 14.4. The molecule has 0 bridgehead atoms. The summed E-state index contributed by atoms with van der Waals surface area (Å²) in [6.07, 6.45) is 3.14. The van der Waals surface area contributed by atoms with Crippen molar-refractivity contribution in [1.82, 2.24) is 19.7 Å². The van der Waals surface area contributed by atoms with Crippen LogP contribution in [0, 0.1) is 11.7 Å².